The lowest BCUT2D eigenvalue weighted by Gasteiger charge is -2.14. The van der Waals surface area contributed by atoms with Crippen molar-refractivity contribution < 1.29 is 9.59 Å². The Balaban J connectivity index is 1.96. The molecule has 2 N–H and O–H groups in total. The van der Waals surface area contributed by atoms with Crippen molar-refractivity contribution >= 4 is 57.7 Å². The van der Waals surface area contributed by atoms with Gasteiger partial charge in [0, 0.05) is 28.5 Å². The third-order valence-electron chi connectivity index (χ3n) is 3.73. The fourth-order valence-electron chi connectivity index (χ4n) is 2.33. The monoisotopic (exact) mass is 438 g/mol. The molecule has 2 amide bonds. The average Bonchev–Trinajstić information content (AvgIpc) is 3.11. The Hall–Kier alpha value is -1.58. The molecule has 0 aliphatic heterocycles. The van der Waals surface area contributed by atoms with Crippen LogP contribution in [0.5, 0.6) is 0 Å². The minimum absolute atomic E-state index is 0.0193. The Bertz CT molecular complexity index is 782. The van der Waals surface area contributed by atoms with Crippen molar-refractivity contribution in [2.75, 3.05) is 16.4 Å². The zero-order valence-corrected chi connectivity index (χ0v) is 18.8. The molecule has 9 heteroatoms. The molecule has 1 aromatic carbocycles. The molecule has 1 heterocycles. The van der Waals surface area contributed by atoms with E-state index in [-0.39, 0.29) is 17.1 Å². The van der Waals surface area contributed by atoms with E-state index in [2.05, 4.69) is 26.9 Å². The zero-order valence-electron chi connectivity index (χ0n) is 16.4. The van der Waals surface area contributed by atoms with Crippen molar-refractivity contribution in [1.29, 1.82) is 0 Å². The highest BCUT2D eigenvalue weighted by molar-refractivity contribution is 8.00. The molecule has 0 saturated carbocycles. The number of hydrogen-bond acceptors (Lipinski definition) is 7. The molecular weight excluding hydrogens is 412 g/mol. The number of amides is 2. The van der Waals surface area contributed by atoms with Crippen molar-refractivity contribution in [3.63, 3.8) is 0 Å². The number of aromatic nitrogens is 2. The smallest absolute Gasteiger partial charge is 0.239 e. The number of carbonyl (C=O) groups excluding carboxylic acids is 2. The summed E-state index contributed by atoms with van der Waals surface area (Å²) in [6.07, 6.45) is 3.07. The summed E-state index contributed by atoms with van der Waals surface area (Å²) in [6.45, 7) is 6.08. The Morgan fingerprint density at radius 2 is 2.04 bits per heavy atom. The van der Waals surface area contributed by atoms with E-state index in [1.807, 2.05) is 38.1 Å². The summed E-state index contributed by atoms with van der Waals surface area (Å²) >= 11 is 4.23. The Kier molecular flexibility index (Phi) is 9.80. The standard InChI is InChI=1S/C19H26N4O2S3/c1-4-7-11-16(24)20-13-9-8-10-14(12-13)27-15(5-2)17(25)21-18-22-19(23-28-18)26-6-3/h8-10,12,15H,4-7,11H2,1-3H3,(H,20,24)(H,21,22,23,25). The number of nitrogens with one attached hydrogen (secondary N) is 2. The first-order valence-corrected chi connectivity index (χ1v) is 12.0. The first kappa shape index (κ1) is 22.7. The van der Waals surface area contributed by atoms with Crippen molar-refractivity contribution in [3.05, 3.63) is 24.3 Å². The summed E-state index contributed by atoms with van der Waals surface area (Å²) in [7, 11) is 0. The van der Waals surface area contributed by atoms with Gasteiger partial charge in [-0.3, -0.25) is 14.9 Å². The lowest BCUT2D eigenvalue weighted by molar-refractivity contribution is -0.116. The molecule has 0 radical (unpaired) electrons. The van der Waals surface area contributed by atoms with Crippen molar-refractivity contribution in [3.8, 4) is 0 Å². The van der Waals surface area contributed by atoms with E-state index in [9.17, 15) is 9.59 Å². The molecule has 2 aromatic rings. The Morgan fingerprint density at radius 3 is 2.75 bits per heavy atom. The normalized spacial score (nSPS) is 11.8. The predicted octanol–water partition coefficient (Wildman–Crippen LogP) is 5.29. The maximum atomic E-state index is 12.6. The maximum absolute atomic E-state index is 12.6. The maximum Gasteiger partial charge on any atom is 0.239 e. The van der Waals surface area contributed by atoms with E-state index in [1.165, 1.54) is 23.3 Å². The van der Waals surface area contributed by atoms with Crippen LogP contribution in [0.1, 0.15) is 46.5 Å². The third kappa shape index (κ3) is 7.44. The first-order chi connectivity index (χ1) is 13.5. The largest absolute Gasteiger partial charge is 0.326 e. The van der Waals surface area contributed by atoms with E-state index < -0.39 is 0 Å². The molecule has 2 rings (SSSR count). The van der Waals surface area contributed by atoms with Gasteiger partial charge in [0.2, 0.25) is 22.1 Å². The van der Waals surface area contributed by atoms with E-state index in [0.717, 1.165) is 29.2 Å². The van der Waals surface area contributed by atoms with Gasteiger partial charge in [-0.15, -0.1) is 11.8 Å². The van der Waals surface area contributed by atoms with E-state index in [0.29, 0.717) is 23.1 Å². The molecule has 0 saturated heterocycles. The van der Waals surface area contributed by atoms with Gasteiger partial charge >= 0.3 is 0 Å². The number of benzene rings is 1. The first-order valence-electron chi connectivity index (χ1n) is 9.39. The number of rotatable bonds is 11. The number of unbranched alkanes of at least 4 members (excludes halogenated alkanes) is 1. The molecule has 0 aliphatic carbocycles. The summed E-state index contributed by atoms with van der Waals surface area (Å²) in [6, 6.07) is 7.61. The van der Waals surface area contributed by atoms with Crippen LogP contribution >= 0.6 is 35.1 Å². The summed E-state index contributed by atoms with van der Waals surface area (Å²) in [4.78, 5) is 29.8. The third-order valence-corrected chi connectivity index (χ3v) is 6.56. The zero-order chi connectivity index (χ0) is 20.4. The van der Waals surface area contributed by atoms with Crippen LogP contribution in [0.3, 0.4) is 0 Å². The van der Waals surface area contributed by atoms with Crippen LogP contribution in [0.25, 0.3) is 0 Å². The SMILES string of the molecule is CCCCC(=O)Nc1cccc(SC(CC)C(=O)Nc2nc(SCC)ns2)c1. The quantitative estimate of drug-likeness (QED) is 0.464. The number of anilines is 2. The number of thioether (sulfide) groups is 2. The van der Waals surface area contributed by atoms with Crippen molar-refractivity contribution in [2.45, 2.75) is 61.8 Å². The molecular formula is C19H26N4O2S3. The summed E-state index contributed by atoms with van der Waals surface area (Å²) in [5.74, 6) is 0.822. The molecule has 1 unspecified atom stereocenters. The topological polar surface area (TPSA) is 84.0 Å². The molecule has 0 aliphatic rings. The summed E-state index contributed by atoms with van der Waals surface area (Å²) in [5, 5.41) is 6.75. The van der Waals surface area contributed by atoms with Crippen LogP contribution in [0.15, 0.2) is 34.3 Å². The van der Waals surface area contributed by atoms with Gasteiger partial charge in [0.05, 0.1) is 5.25 Å². The second-order valence-corrected chi connectivity index (χ2v) is 9.26. The number of nitrogens with zero attached hydrogens (tertiary/aromatic N) is 2. The Morgan fingerprint density at radius 1 is 1.21 bits per heavy atom. The van der Waals surface area contributed by atoms with Gasteiger partial charge in [0.1, 0.15) is 0 Å². The van der Waals surface area contributed by atoms with Crippen molar-refractivity contribution in [1.82, 2.24) is 9.36 Å². The average molecular weight is 439 g/mol. The summed E-state index contributed by atoms with van der Waals surface area (Å²) in [5.41, 5.74) is 0.756. The van der Waals surface area contributed by atoms with Crippen LogP contribution < -0.4 is 10.6 Å². The van der Waals surface area contributed by atoms with Crippen LogP contribution in [0, 0.1) is 0 Å². The van der Waals surface area contributed by atoms with E-state index in [1.54, 1.807) is 11.8 Å². The van der Waals surface area contributed by atoms with E-state index >= 15 is 0 Å². The van der Waals surface area contributed by atoms with Gasteiger partial charge in [-0.05, 0) is 36.8 Å². The van der Waals surface area contributed by atoms with Crippen molar-refractivity contribution in [2.24, 2.45) is 0 Å². The fourth-order valence-corrected chi connectivity index (χ4v) is 4.62. The second-order valence-electron chi connectivity index (χ2n) is 6.00. The van der Waals surface area contributed by atoms with Gasteiger partial charge < -0.3 is 5.32 Å². The highest BCUT2D eigenvalue weighted by atomic mass is 32.2. The molecule has 1 atom stereocenters. The Labute approximate surface area is 178 Å². The second kappa shape index (κ2) is 12.1. The fraction of sp³-hybridized carbons (Fsp3) is 0.474. The van der Waals surface area contributed by atoms with Crippen LogP contribution in [0.2, 0.25) is 0 Å². The van der Waals surface area contributed by atoms with Gasteiger partial charge in [0.25, 0.3) is 0 Å². The van der Waals surface area contributed by atoms with Gasteiger partial charge in [-0.25, -0.2) is 0 Å². The molecule has 28 heavy (non-hydrogen) atoms. The number of carbonyl (C=O) groups is 2. The van der Waals surface area contributed by atoms with Gasteiger partial charge in [0.15, 0.2) is 0 Å². The molecule has 152 valence electrons. The minimum Gasteiger partial charge on any atom is -0.326 e. The number of hydrogen-bond donors (Lipinski definition) is 2. The molecule has 1 aromatic heterocycles. The van der Waals surface area contributed by atoms with Crippen LogP contribution in [0.4, 0.5) is 10.8 Å². The van der Waals surface area contributed by atoms with Crippen LogP contribution in [-0.2, 0) is 9.59 Å². The minimum atomic E-state index is -0.253. The summed E-state index contributed by atoms with van der Waals surface area (Å²) < 4.78 is 4.22. The van der Waals surface area contributed by atoms with E-state index in [4.69, 9.17) is 0 Å². The van der Waals surface area contributed by atoms with Gasteiger partial charge in [-0.2, -0.15) is 9.36 Å². The van der Waals surface area contributed by atoms with Crippen LogP contribution in [-0.4, -0.2) is 32.2 Å². The lowest BCUT2D eigenvalue weighted by Crippen LogP contribution is -2.24. The lowest BCUT2D eigenvalue weighted by atomic mass is 10.2. The molecule has 6 nitrogen and oxygen atoms in total. The molecule has 0 bridgehead atoms. The molecule has 0 fully saturated rings. The van der Waals surface area contributed by atoms with Gasteiger partial charge in [-0.1, -0.05) is 45.0 Å². The molecule has 0 spiro atoms. The predicted molar refractivity (Wildman–Crippen MR) is 119 cm³/mol. The highest BCUT2D eigenvalue weighted by Crippen LogP contribution is 2.29. The highest BCUT2D eigenvalue weighted by Gasteiger charge is 2.20.